The van der Waals surface area contributed by atoms with Gasteiger partial charge in [-0.25, -0.2) is 4.98 Å². The summed E-state index contributed by atoms with van der Waals surface area (Å²) in [5.74, 6) is 0. The van der Waals surface area contributed by atoms with Gasteiger partial charge in [-0.15, -0.1) is 0 Å². The molecule has 2 aromatic rings. The number of benzene rings is 1. The third-order valence-corrected chi connectivity index (χ3v) is 3.97. The van der Waals surface area contributed by atoms with Crippen LogP contribution >= 0.6 is 11.3 Å². The highest BCUT2D eigenvalue weighted by Gasteiger charge is 2.14. The summed E-state index contributed by atoms with van der Waals surface area (Å²) in [6.45, 7) is 3.59. The smallest absolute Gasteiger partial charge is 0.186 e. The second-order valence-electron chi connectivity index (χ2n) is 4.18. The van der Waals surface area contributed by atoms with Crippen molar-refractivity contribution in [3.63, 3.8) is 0 Å². The summed E-state index contributed by atoms with van der Waals surface area (Å²) in [5.41, 5.74) is 7.61. The van der Waals surface area contributed by atoms with E-state index in [1.807, 2.05) is 18.2 Å². The van der Waals surface area contributed by atoms with E-state index >= 15 is 0 Å². The fraction of sp³-hybridized carbons (Fsp3) is 0.417. The second kappa shape index (κ2) is 4.50. The van der Waals surface area contributed by atoms with Crippen LogP contribution in [0.3, 0.4) is 0 Å². The zero-order chi connectivity index (χ0) is 11.7. The minimum atomic E-state index is 0.790. The Balaban J connectivity index is 1.93. The maximum absolute atomic E-state index is 5.78. The number of nitrogens with zero attached hydrogens (tertiary/aromatic N) is 2. The van der Waals surface area contributed by atoms with Gasteiger partial charge in [0.05, 0.1) is 16.8 Å². The quantitative estimate of drug-likeness (QED) is 0.786. The van der Waals surface area contributed by atoms with Crippen LogP contribution in [0.2, 0.25) is 0 Å². The number of ether oxygens (including phenoxy) is 1. The largest absolute Gasteiger partial charge is 0.399 e. The molecule has 0 saturated carbocycles. The first kappa shape index (κ1) is 10.8. The van der Waals surface area contributed by atoms with Crippen molar-refractivity contribution in [2.75, 3.05) is 36.9 Å². The van der Waals surface area contributed by atoms with Crippen LogP contribution in [0.15, 0.2) is 18.2 Å². The molecule has 0 bridgehead atoms. The number of hydrogen-bond acceptors (Lipinski definition) is 5. The zero-order valence-corrected chi connectivity index (χ0v) is 10.4. The van der Waals surface area contributed by atoms with Crippen molar-refractivity contribution in [2.45, 2.75) is 6.42 Å². The molecule has 1 aromatic heterocycles. The average molecular weight is 249 g/mol. The molecule has 1 saturated heterocycles. The van der Waals surface area contributed by atoms with Crippen LogP contribution in [-0.4, -0.2) is 31.3 Å². The first-order chi connectivity index (χ1) is 8.33. The molecule has 0 amide bonds. The molecule has 5 heteroatoms. The van der Waals surface area contributed by atoms with E-state index in [4.69, 9.17) is 10.5 Å². The fourth-order valence-corrected chi connectivity index (χ4v) is 3.07. The maximum Gasteiger partial charge on any atom is 0.186 e. The highest BCUT2D eigenvalue weighted by atomic mass is 32.1. The number of nitrogen functional groups attached to an aromatic ring is 1. The lowest BCUT2D eigenvalue weighted by Gasteiger charge is -2.17. The summed E-state index contributed by atoms with van der Waals surface area (Å²) in [5, 5.41) is 1.08. The average Bonchev–Trinajstić information content (AvgIpc) is 2.57. The maximum atomic E-state index is 5.78. The van der Waals surface area contributed by atoms with Gasteiger partial charge < -0.3 is 15.4 Å². The highest BCUT2D eigenvalue weighted by molar-refractivity contribution is 7.22. The van der Waals surface area contributed by atoms with Gasteiger partial charge in [-0.2, -0.15) is 0 Å². The number of aromatic nitrogens is 1. The molecule has 0 atom stereocenters. The van der Waals surface area contributed by atoms with Gasteiger partial charge in [0.15, 0.2) is 5.13 Å². The van der Waals surface area contributed by atoms with E-state index < -0.39 is 0 Å². The summed E-state index contributed by atoms with van der Waals surface area (Å²) < 4.78 is 6.61. The van der Waals surface area contributed by atoms with Crippen molar-refractivity contribution in [3.05, 3.63) is 18.2 Å². The molecule has 4 nitrogen and oxygen atoms in total. The molecule has 2 N–H and O–H groups in total. The first-order valence-corrected chi connectivity index (χ1v) is 6.63. The van der Waals surface area contributed by atoms with Crippen LogP contribution in [0.1, 0.15) is 6.42 Å². The van der Waals surface area contributed by atoms with E-state index in [1.165, 1.54) is 0 Å². The standard InChI is InChI=1S/C12H15N3OS/c13-9-2-3-10-11(8-9)17-12(14-10)15-4-1-6-16-7-5-15/h2-3,8H,1,4-7,13H2. The molecule has 1 fully saturated rings. The van der Waals surface area contributed by atoms with Crippen molar-refractivity contribution in [1.29, 1.82) is 0 Å². The summed E-state index contributed by atoms with van der Waals surface area (Å²) in [4.78, 5) is 6.95. The Morgan fingerprint density at radius 3 is 3.18 bits per heavy atom. The number of anilines is 2. The molecule has 0 aliphatic carbocycles. The lowest BCUT2D eigenvalue weighted by molar-refractivity contribution is 0.152. The normalized spacial score (nSPS) is 17.3. The van der Waals surface area contributed by atoms with Crippen molar-refractivity contribution in [2.24, 2.45) is 0 Å². The molecule has 17 heavy (non-hydrogen) atoms. The molecular formula is C12H15N3OS. The number of nitrogens with two attached hydrogens (primary N) is 1. The predicted molar refractivity (Wildman–Crippen MR) is 71.7 cm³/mol. The highest BCUT2D eigenvalue weighted by Crippen LogP contribution is 2.30. The van der Waals surface area contributed by atoms with Gasteiger partial charge >= 0.3 is 0 Å². The Labute approximate surface area is 104 Å². The SMILES string of the molecule is Nc1ccc2nc(N3CCCOCC3)sc2c1. The van der Waals surface area contributed by atoms with Crippen molar-refractivity contribution < 1.29 is 4.74 Å². The van der Waals surface area contributed by atoms with Crippen LogP contribution in [-0.2, 0) is 4.74 Å². The minimum Gasteiger partial charge on any atom is -0.399 e. The van der Waals surface area contributed by atoms with Gasteiger partial charge in [0.25, 0.3) is 0 Å². The Kier molecular flexibility index (Phi) is 2.86. The van der Waals surface area contributed by atoms with E-state index in [1.54, 1.807) is 11.3 Å². The predicted octanol–water partition coefficient (Wildman–Crippen LogP) is 2.11. The van der Waals surface area contributed by atoms with E-state index in [2.05, 4.69) is 9.88 Å². The molecule has 0 radical (unpaired) electrons. The molecule has 1 aliphatic rings. The molecule has 0 spiro atoms. The topological polar surface area (TPSA) is 51.4 Å². The summed E-state index contributed by atoms with van der Waals surface area (Å²) in [6, 6.07) is 5.88. The third kappa shape index (κ3) is 2.21. The number of hydrogen-bond donors (Lipinski definition) is 1. The summed E-state index contributed by atoms with van der Waals surface area (Å²) in [7, 11) is 0. The van der Waals surface area contributed by atoms with Crippen LogP contribution in [0.25, 0.3) is 10.2 Å². The monoisotopic (exact) mass is 249 g/mol. The Morgan fingerprint density at radius 1 is 1.29 bits per heavy atom. The Hall–Kier alpha value is -1.33. The first-order valence-electron chi connectivity index (χ1n) is 5.82. The van der Waals surface area contributed by atoms with Gasteiger partial charge in [0.2, 0.25) is 0 Å². The van der Waals surface area contributed by atoms with E-state index in [9.17, 15) is 0 Å². The number of fused-ring (bicyclic) bond motifs is 1. The van der Waals surface area contributed by atoms with Crippen LogP contribution in [0.5, 0.6) is 0 Å². The van der Waals surface area contributed by atoms with Gasteiger partial charge in [-0.3, -0.25) is 0 Å². The summed E-state index contributed by atoms with van der Waals surface area (Å²) >= 11 is 1.71. The second-order valence-corrected chi connectivity index (χ2v) is 5.19. The Bertz CT molecular complexity index is 517. The van der Waals surface area contributed by atoms with Crippen molar-refractivity contribution >= 4 is 32.4 Å². The van der Waals surface area contributed by atoms with Gasteiger partial charge in [0.1, 0.15) is 0 Å². The molecule has 3 rings (SSSR count). The fourth-order valence-electron chi connectivity index (χ4n) is 2.00. The minimum absolute atomic E-state index is 0.790. The van der Waals surface area contributed by atoms with Gasteiger partial charge in [-0.05, 0) is 24.6 Å². The molecule has 1 aliphatic heterocycles. The lowest BCUT2D eigenvalue weighted by Crippen LogP contribution is -2.25. The molecule has 2 heterocycles. The number of rotatable bonds is 1. The molecular weight excluding hydrogens is 234 g/mol. The molecule has 0 unspecified atom stereocenters. The lowest BCUT2D eigenvalue weighted by atomic mass is 10.3. The third-order valence-electron chi connectivity index (χ3n) is 2.89. The summed E-state index contributed by atoms with van der Waals surface area (Å²) in [6.07, 6.45) is 1.07. The van der Waals surface area contributed by atoms with Crippen LogP contribution in [0.4, 0.5) is 10.8 Å². The van der Waals surface area contributed by atoms with Crippen LogP contribution in [0, 0.1) is 0 Å². The van der Waals surface area contributed by atoms with Crippen LogP contribution < -0.4 is 10.6 Å². The zero-order valence-electron chi connectivity index (χ0n) is 9.56. The van der Waals surface area contributed by atoms with Crippen molar-refractivity contribution in [1.82, 2.24) is 4.98 Å². The van der Waals surface area contributed by atoms with Crippen molar-refractivity contribution in [3.8, 4) is 0 Å². The Morgan fingerprint density at radius 2 is 2.24 bits per heavy atom. The molecule has 90 valence electrons. The van der Waals surface area contributed by atoms with E-state index in [0.717, 1.165) is 53.8 Å². The molecule has 1 aromatic carbocycles. The van der Waals surface area contributed by atoms with E-state index in [-0.39, 0.29) is 0 Å². The number of thiazole rings is 1. The van der Waals surface area contributed by atoms with E-state index in [0.29, 0.717) is 0 Å². The van der Waals surface area contributed by atoms with Gasteiger partial charge in [-0.1, -0.05) is 11.3 Å². The van der Waals surface area contributed by atoms with Gasteiger partial charge in [0, 0.05) is 25.4 Å².